The molecule has 0 atom stereocenters. The topological polar surface area (TPSA) is 49.7 Å². The minimum absolute atomic E-state index is 0.491. The lowest BCUT2D eigenvalue weighted by atomic mass is 9.79. The van der Waals surface area contributed by atoms with Crippen molar-refractivity contribution in [1.82, 2.24) is 0 Å². The molecular weight excluding hydrogens is 167 g/mol. The van der Waals surface area contributed by atoms with Crippen LogP contribution in [0, 0.1) is 0 Å². The van der Waals surface area contributed by atoms with Gasteiger partial charge in [0, 0.05) is 5.92 Å². The Labute approximate surface area is 77.1 Å². The summed E-state index contributed by atoms with van der Waals surface area (Å²) in [5, 5.41) is 17.7. The molecule has 0 aromatic heterocycles. The van der Waals surface area contributed by atoms with E-state index in [-0.39, 0.29) is 0 Å². The summed E-state index contributed by atoms with van der Waals surface area (Å²) in [7, 11) is -1.37. The predicted octanol–water partition coefficient (Wildman–Crippen LogP) is -0.520. The van der Waals surface area contributed by atoms with Gasteiger partial charge < -0.3 is 14.8 Å². The molecule has 1 saturated heterocycles. The smallest absolute Gasteiger partial charge is 0.423 e. The molecule has 0 aliphatic carbocycles. The number of hydrogen-bond acceptors (Lipinski definition) is 3. The monoisotopic (exact) mass is 178 g/mol. The van der Waals surface area contributed by atoms with Gasteiger partial charge in [-0.25, -0.2) is 0 Å². The summed E-state index contributed by atoms with van der Waals surface area (Å²) in [4.78, 5) is 0. The third kappa shape index (κ3) is 1.75. The highest BCUT2D eigenvalue weighted by Crippen LogP contribution is 2.22. The van der Waals surface area contributed by atoms with Gasteiger partial charge in [0.2, 0.25) is 0 Å². The lowest BCUT2D eigenvalue weighted by Crippen LogP contribution is -2.30. The fourth-order valence-corrected chi connectivity index (χ4v) is 1.37. The van der Waals surface area contributed by atoms with E-state index in [1.807, 2.05) is 12.1 Å². The Hall–Kier alpha value is -0.835. The van der Waals surface area contributed by atoms with Gasteiger partial charge in [0.25, 0.3) is 0 Å². The standard InChI is InChI=1S/C9H11BO3/c11-10(12)9-3-1-7(2-4-9)8-5-13-6-8/h1-4,8,11-12H,5-6H2. The Morgan fingerprint density at radius 3 is 2.15 bits per heavy atom. The first-order valence-corrected chi connectivity index (χ1v) is 4.31. The molecule has 1 heterocycles. The lowest BCUT2D eigenvalue weighted by Gasteiger charge is -2.26. The zero-order valence-electron chi connectivity index (χ0n) is 7.18. The van der Waals surface area contributed by atoms with Gasteiger partial charge in [0.1, 0.15) is 0 Å². The average molecular weight is 178 g/mol. The summed E-state index contributed by atoms with van der Waals surface area (Å²) in [6.45, 7) is 1.56. The van der Waals surface area contributed by atoms with Crippen molar-refractivity contribution >= 4 is 12.6 Å². The largest absolute Gasteiger partial charge is 0.488 e. The maximum atomic E-state index is 8.86. The summed E-state index contributed by atoms with van der Waals surface area (Å²) in [5.41, 5.74) is 1.74. The summed E-state index contributed by atoms with van der Waals surface area (Å²) in [6, 6.07) is 7.31. The molecule has 0 saturated carbocycles. The van der Waals surface area contributed by atoms with E-state index in [1.54, 1.807) is 12.1 Å². The van der Waals surface area contributed by atoms with E-state index >= 15 is 0 Å². The molecule has 0 radical (unpaired) electrons. The fourth-order valence-electron chi connectivity index (χ4n) is 1.37. The van der Waals surface area contributed by atoms with Crippen LogP contribution in [-0.4, -0.2) is 30.4 Å². The molecule has 0 unspecified atom stereocenters. The van der Waals surface area contributed by atoms with E-state index < -0.39 is 7.12 Å². The van der Waals surface area contributed by atoms with E-state index in [2.05, 4.69) is 0 Å². The summed E-state index contributed by atoms with van der Waals surface area (Å²) in [6.07, 6.45) is 0. The van der Waals surface area contributed by atoms with Gasteiger partial charge in [-0.1, -0.05) is 24.3 Å². The van der Waals surface area contributed by atoms with E-state index in [0.29, 0.717) is 11.4 Å². The van der Waals surface area contributed by atoms with Crippen molar-refractivity contribution in [3.8, 4) is 0 Å². The lowest BCUT2D eigenvalue weighted by molar-refractivity contribution is 0.00843. The molecule has 13 heavy (non-hydrogen) atoms. The van der Waals surface area contributed by atoms with Crippen LogP contribution in [0.1, 0.15) is 11.5 Å². The van der Waals surface area contributed by atoms with Gasteiger partial charge in [-0.3, -0.25) is 0 Å². The number of hydrogen-bond donors (Lipinski definition) is 2. The Morgan fingerprint density at radius 2 is 1.77 bits per heavy atom. The normalized spacial score (nSPS) is 16.8. The van der Waals surface area contributed by atoms with Crippen molar-refractivity contribution in [1.29, 1.82) is 0 Å². The van der Waals surface area contributed by atoms with E-state index in [9.17, 15) is 0 Å². The minimum atomic E-state index is -1.37. The summed E-state index contributed by atoms with van der Waals surface area (Å²) in [5.74, 6) is 0.491. The molecule has 4 heteroatoms. The molecule has 1 aliphatic rings. The Balaban J connectivity index is 2.13. The van der Waals surface area contributed by atoms with Crippen LogP contribution in [0.5, 0.6) is 0 Å². The molecule has 1 fully saturated rings. The first-order valence-electron chi connectivity index (χ1n) is 4.31. The highest BCUT2D eigenvalue weighted by molar-refractivity contribution is 6.58. The van der Waals surface area contributed by atoms with Crippen LogP contribution in [-0.2, 0) is 4.74 Å². The average Bonchev–Trinajstić information content (AvgIpc) is 2.02. The van der Waals surface area contributed by atoms with Gasteiger partial charge in [-0.15, -0.1) is 0 Å². The van der Waals surface area contributed by atoms with Crippen LogP contribution in [0.4, 0.5) is 0 Å². The predicted molar refractivity (Wildman–Crippen MR) is 49.8 cm³/mol. The molecule has 2 rings (SSSR count). The Kier molecular flexibility index (Phi) is 2.35. The first-order chi connectivity index (χ1) is 6.27. The van der Waals surface area contributed by atoms with Crippen LogP contribution in [0.3, 0.4) is 0 Å². The second-order valence-electron chi connectivity index (χ2n) is 3.27. The van der Waals surface area contributed by atoms with Crippen molar-refractivity contribution in [2.45, 2.75) is 5.92 Å². The van der Waals surface area contributed by atoms with Gasteiger partial charge in [-0.2, -0.15) is 0 Å². The molecule has 1 aromatic carbocycles. The first kappa shape index (κ1) is 8.75. The second-order valence-corrected chi connectivity index (χ2v) is 3.27. The third-order valence-electron chi connectivity index (χ3n) is 2.34. The van der Waals surface area contributed by atoms with Gasteiger partial charge in [0.15, 0.2) is 0 Å². The molecule has 0 bridgehead atoms. The molecule has 1 aromatic rings. The Bertz CT molecular complexity index is 279. The van der Waals surface area contributed by atoms with Crippen molar-refractivity contribution < 1.29 is 14.8 Å². The molecular formula is C9H11BO3. The van der Waals surface area contributed by atoms with Crippen LogP contribution in [0.15, 0.2) is 24.3 Å². The van der Waals surface area contributed by atoms with Crippen molar-refractivity contribution in [2.75, 3.05) is 13.2 Å². The van der Waals surface area contributed by atoms with Crippen LogP contribution in [0.2, 0.25) is 0 Å². The van der Waals surface area contributed by atoms with Crippen molar-refractivity contribution in [2.24, 2.45) is 0 Å². The van der Waals surface area contributed by atoms with Crippen LogP contribution >= 0.6 is 0 Å². The molecule has 68 valence electrons. The van der Waals surface area contributed by atoms with E-state index in [0.717, 1.165) is 13.2 Å². The SMILES string of the molecule is OB(O)c1ccc(C2COC2)cc1. The van der Waals surface area contributed by atoms with Crippen molar-refractivity contribution in [3.63, 3.8) is 0 Å². The second kappa shape index (κ2) is 3.50. The maximum Gasteiger partial charge on any atom is 0.488 e. The number of rotatable bonds is 2. The molecule has 1 aliphatic heterocycles. The zero-order valence-corrected chi connectivity index (χ0v) is 7.18. The molecule has 0 amide bonds. The van der Waals surface area contributed by atoms with E-state index in [4.69, 9.17) is 14.8 Å². The molecule has 2 N–H and O–H groups in total. The third-order valence-corrected chi connectivity index (χ3v) is 2.34. The van der Waals surface area contributed by atoms with Crippen LogP contribution in [0.25, 0.3) is 0 Å². The summed E-state index contributed by atoms with van der Waals surface area (Å²) >= 11 is 0. The fraction of sp³-hybridized carbons (Fsp3) is 0.333. The quantitative estimate of drug-likeness (QED) is 0.599. The summed E-state index contributed by atoms with van der Waals surface area (Å²) < 4.78 is 5.07. The maximum absolute atomic E-state index is 8.86. The van der Waals surface area contributed by atoms with Gasteiger partial charge in [0.05, 0.1) is 13.2 Å². The highest BCUT2D eigenvalue weighted by atomic mass is 16.5. The van der Waals surface area contributed by atoms with Crippen molar-refractivity contribution in [3.05, 3.63) is 29.8 Å². The number of ether oxygens (including phenoxy) is 1. The molecule has 3 nitrogen and oxygen atoms in total. The zero-order chi connectivity index (χ0) is 9.26. The highest BCUT2D eigenvalue weighted by Gasteiger charge is 2.20. The van der Waals surface area contributed by atoms with Gasteiger partial charge in [-0.05, 0) is 11.0 Å². The molecule has 0 spiro atoms. The van der Waals surface area contributed by atoms with Gasteiger partial charge >= 0.3 is 7.12 Å². The number of benzene rings is 1. The minimum Gasteiger partial charge on any atom is -0.423 e. The Morgan fingerprint density at radius 1 is 1.15 bits per heavy atom. The van der Waals surface area contributed by atoms with Crippen LogP contribution < -0.4 is 5.46 Å². The van der Waals surface area contributed by atoms with E-state index in [1.165, 1.54) is 5.56 Å².